The van der Waals surface area contributed by atoms with E-state index in [9.17, 15) is 4.79 Å². The normalized spacial score (nSPS) is 14.8. The zero-order valence-electron chi connectivity index (χ0n) is 19.2. The SMILES string of the molecule is CCOc1c(/C=C2\C(=O)N(c3ccccc3)C(=S)N2c2ccc(CC)cc2)cc(Cl)cc1OC. The maximum absolute atomic E-state index is 13.8. The van der Waals surface area contributed by atoms with E-state index in [2.05, 4.69) is 6.92 Å². The second kappa shape index (κ2) is 10.3. The number of halogens is 1. The number of nitrogens with zero attached hydrogens (tertiary/aromatic N) is 2. The number of carbonyl (C=O) groups excluding carboxylic acids is 1. The van der Waals surface area contributed by atoms with Gasteiger partial charge < -0.3 is 9.47 Å². The minimum Gasteiger partial charge on any atom is -0.493 e. The Morgan fingerprint density at radius 1 is 0.971 bits per heavy atom. The third kappa shape index (κ3) is 4.52. The first-order chi connectivity index (χ1) is 16.5. The van der Waals surface area contributed by atoms with E-state index in [1.165, 1.54) is 10.5 Å². The fraction of sp³-hybridized carbons (Fsp3) is 0.185. The van der Waals surface area contributed by atoms with Crippen molar-refractivity contribution in [1.29, 1.82) is 0 Å². The molecule has 3 aromatic rings. The first kappa shape index (κ1) is 23.8. The summed E-state index contributed by atoms with van der Waals surface area (Å²) in [5, 5.41) is 0.845. The highest BCUT2D eigenvalue weighted by Crippen LogP contribution is 2.39. The number of ether oxygens (including phenoxy) is 2. The summed E-state index contributed by atoms with van der Waals surface area (Å²) in [4.78, 5) is 17.1. The number of benzene rings is 3. The van der Waals surface area contributed by atoms with Crippen LogP contribution in [0.4, 0.5) is 11.4 Å². The molecule has 34 heavy (non-hydrogen) atoms. The molecule has 0 atom stereocenters. The summed E-state index contributed by atoms with van der Waals surface area (Å²) in [7, 11) is 1.56. The van der Waals surface area contributed by atoms with Crippen LogP contribution in [0.25, 0.3) is 6.08 Å². The molecule has 1 fully saturated rings. The summed E-state index contributed by atoms with van der Waals surface area (Å²) in [6.07, 6.45) is 2.67. The van der Waals surface area contributed by atoms with E-state index in [0.29, 0.717) is 45.2 Å². The van der Waals surface area contributed by atoms with Crippen LogP contribution < -0.4 is 19.3 Å². The molecule has 1 aliphatic rings. The van der Waals surface area contributed by atoms with Crippen molar-refractivity contribution >= 4 is 52.3 Å². The molecule has 1 aliphatic heterocycles. The highest BCUT2D eigenvalue weighted by Gasteiger charge is 2.40. The van der Waals surface area contributed by atoms with E-state index in [4.69, 9.17) is 33.3 Å². The van der Waals surface area contributed by atoms with Crippen LogP contribution >= 0.6 is 23.8 Å². The van der Waals surface area contributed by atoms with Gasteiger partial charge in [-0.3, -0.25) is 14.6 Å². The van der Waals surface area contributed by atoms with Gasteiger partial charge in [-0.1, -0.05) is 48.9 Å². The maximum Gasteiger partial charge on any atom is 0.281 e. The van der Waals surface area contributed by atoms with Gasteiger partial charge in [0.1, 0.15) is 5.70 Å². The Hall–Kier alpha value is -3.35. The Balaban J connectivity index is 1.90. The highest BCUT2D eigenvalue weighted by molar-refractivity contribution is 7.81. The van der Waals surface area contributed by atoms with Crippen molar-refractivity contribution in [3.05, 3.63) is 88.6 Å². The van der Waals surface area contributed by atoms with Gasteiger partial charge in [0.15, 0.2) is 16.6 Å². The van der Waals surface area contributed by atoms with Crippen molar-refractivity contribution in [3.8, 4) is 11.5 Å². The first-order valence-electron chi connectivity index (χ1n) is 11.0. The molecule has 4 rings (SSSR count). The summed E-state index contributed by atoms with van der Waals surface area (Å²) in [6, 6.07) is 20.8. The van der Waals surface area contributed by atoms with E-state index in [-0.39, 0.29) is 5.91 Å². The van der Waals surface area contributed by atoms with E-state index < -0.39 is 0 Å². The zero-order valence-corrected chi connectivity index (χ0v) is 20.8. The third-order valence-corrected chi connectivity index (χ3v) is 6.10. The van der Waals surface area contributed by atoms with Gasteiger partial charge in [-0.15, -0.1) is 0 Å². The molecule has 3 aromatic carbocycles. The number of rotatable bonds is 7. The molecule has 0 aliphatic carbocycles. The van der Waals surface area contributed by atoms with Crippen LogP contribution in [0.1, 0.15) is 25.0 Å². The molecule has 0 radical (unpaired) electrons. The fourth-order valence-corrected chi connectivity index (χ4v) is 4.46. The minimum atomic E-state index is -0.239. The standard InChI is InChI=1S/C27H25ClN2O3S/c1-4-18-11-13-22(14-12-18)29-23(26(31)30(27(29)34)21-9-7-6-8-10-21)16-19-15-20(28)17-24(32-3)25(19)33-5-2/h6-17H,4-5H2,1-3H3/b23-16+. The number of carbonyl (C=O) groups is 1. The fourth-order valence-electron chi connectivity index (χ4n) is 3.86. The molecule has 5 nitrogen and oxygen atoms in total. The van der Waals surface area contributed by atoms with Crippen molar-refractivity contribution in [2.24, 2.45) is 0 Å². The van der Waals surface area contributed by atoms with E-state index in [1.54, 1.807) is 30.2 Å². The lowest BCUT2D eigenvalue weighted by molar-refractivity contribution is -0.113. The lowest BCUT2D eigenvalue weighted by Gasteiger charge is -2.21. The lowest BCUT2D eigenvalue weighted by atomic mass is 10.1. The van der Waals surface area contributed by atoms with Crippen molar-refractivity contribution in [3.63, 3.8) is 0 Å². The zero-order chi connectivity index (χ0) is 24.2. The van der Waals surface area contributed by atoms with Crippen LogP contribution in [0.2, 0.25) is 5.02 Å². The Kier molecular flexibility index (Phi) is 7.20. The topological polar surface area (TPSA) is 42.0 Å². The average Bonchev–Trinajstić information content (AvgIpc) is 3.10. The van der Waals surface area contributed by atoms with Gasteiger partial charge in [-0.25, -0.2) is 0 Å². The number of hydrogen-bond acceptors (Lipinski definition) is 4. The molecule has 0 aromatic heterocycles. The number of para-hydroxylation sites is 1. The third-order valence-electron chi connectivity index (χ3n) is 5.51. The van der Waals surface area contributed by atoms with E-state index in [0.717, 1.165) is 12.1 Å². The number of aryl methyl sites for hydroxylation is 1. The summed E-state index contributed by atoms with van der Waals surface area (Å²) in [5.41, 5.74) is 3.71. The molecule has 0 N–H and O–H groups in total. The van der Waals surface area contributed by atoms with Gasteiger partial charge in [0.25, 0.3) is 5.91 Å². The molecule has 0 unspecified atom stereocenters. The Morgan fingerprint density at radius 2 is 1.65 bits per heavy atom. The van der Waals surface area contributed by atoms with Crippen molar-refractivity contribution < 1.29 is 14.3 Å². The largest absolute Gasteiger partial charge is 0.493 e. The molecule has 174 valence electrons. The first-order valence-corrected chi connectivity index (χ1v) is 11.8. The molecule has 1 saturated heterocycles. The van der Waals surface area contributed by atoms with Gasteiger partial charge in [-0.05, 0) is 67.5 Å². The number of hydrogen-bond donors (Lipinski definition) is 0. The van der Waals surface area contributed by atoms with Crippen LogP contribution in [0.15, 0.2) is 72.4 Å². The van der Waals surface area contributed by atoms with Crippen LogP contribution in [-0.4, -0.2) is 24.7 Å². The van der Waals surface area contributed by atoms with Crippen molar-refractivity contribution in [2.75, 3.05) is 23.5 Å². The van der Waals surface area contributed by atoms with E-state index >= 15 is 0 Å². The molecular formula is C27H25ClN2O3S. The summed E-state index contributed by atoms with van der Waals surface area (Å²) < 4.78 is 11.4. The van der Waals surface area contributed by atoms with Crippen LogP contribution in [0.5, 0.6) is 11.5 Å². The predicted molar refractivity (Wildman–Crippen MR) is 142 cm³/mol. The van der Waals surface area contributed by atoms with Gasteiger partial charge in [0, 0.05) is 22.3 Å². The summed E-state index contributed by atoms with van der Waals surface area (Å²) in [5.74, 6) is 0.769. The highest BCUT2D eigenvalue weighted by atomic mass is 35.5. The quantitative estimate of drug-likeness (QED) is 0.278. The maximum atomic E-state index is 13.8. The predicted octanol–water partition coefficient (Wildman–Crippen LogP) is 6.49. The average molecular weight is 493 g/mol. The number of thiocarbonyl (C=S) groups is 1. The van der Waals surface area contributed by atoms with Crippen molar-refractivity contribution in [2.45, 2.75) is 20.3 Å². The number of amides is 1. The Morgan fingerprint density at radius 3 is 2.26 bits per heavy atom. The van der Waals surface area contributed by atoms with Gasteiger partial charge in [0.2, 0.25) is 0 Å². The van der Waals surface area contributed by atoms with Crippen LogP contribution in [-0.2, 0) is 11.2 Å². The lowest BCUT2D eigenvalue weighted by Crippen LogP contribution is -2.32. The van der Waals surface area contributed by atoms with Crippen molar-refractivity contribution in [1.82, 2.24) is 0 Å². The summed E-state index contributed by atoms with van der Waals surface area (Å²) in [6.45, 7) is 4.42. The Bertz CT molecular complexity index is 1240. The second-order valence-electron chi connectivity index (χ2n) is 7.60. The van der Waals surface area contributed by atoms with Gasteiger partial charge >= 0.3 is 0 Å². The van der Waals surface area contributed by atoms with Crippen LogP contribution in [0, 0.1) is 0 Å². The molecule has 0 spiro atoms. The Labute approximate surface area is 210 Å². The smallest absolute Gasteiger partial charge is 0.281 e. The van der Waals surface area contributed by atoms with E-state index in [1.807, 2.05) is 61.5 Å². The number of methoxy groups -OCH3 is 1. The summed E-state index contributed by atoms with van der Waals surface area (Å²) >= 11 is 12.2. The molecule has 1 heterocycles. The molecule has 7 heteroatoms. The second-order valence-corrected chi connectivity index (χ2v) is 8.40. The molecule has 0 bridgehead atoms. The van der Waals surface area contributed by atoms with Crippen LogP contribution in [0.3, 0.4) is 0 Å². The number of anilines is 2. The molecular weight excluding hydrogens is 468 g/mol. The van der Waals surface area contributed by atoms with Gasteiger partial charge in [-0.2, -0.15) is 0 Å². The minimum absolute atomic E-state index is 0.239. The van der Waals surface area contributed by atoms with Gasteiger partial charge in [0.05, 0.1) is 19.4 Å². The molecule has 1 amide bonds. The molecule has 0 saturated carbocycles. The monoisotopic (exact) mass is 492 g/mol.